The van der Waals surface area contributed by atoms with Crippen LogP contribution in [-0.4, -0.2) is 22.1 Å². The van der Waals surface area contributed by atoms with Crippen LogP contribution in [0.3, 0.4) is 0 Å². The number of nitrogens with two attached hydrogens (primary N) is 1. The molecule has 1 fully saturated rings. The maximum atomic E-state index is 11.6. The maximum absolute atomic E-state index is 11.6. The summed E-state index contributed by atoms with van der Waals surface area (Å²) in [6.07, 6.45) is 2.82. The highest BCUT2D eigenvalue weighted by Crippen LogP contribution is 2.20. The highest BCUT2D eigenvalue weighted by Gasteiger charge is 2.26. The molecule has 0 unspecified atom stereocenters. The predicted octanol–water partition coefficient (Wildman–Crippen LogP) is 1.01. The van der Waals surface area contributed by atoms with E-state index in [4.69, 9.17) is 10.3 Å². The average molecular weight is 238 g/mol. The molecule has 1 aromatic rings. The molecule has 1 aromatic heterocycles. The van der Waals surface area contributed by atoms with Gasteiger partial charge in [0.1, 0.15) is 0 Å². The third-order valence-electron chi connectivity index (χ3n) is 2.60. The second kappa shape index (κ2) is 4.83. The van der Waals surface area contributed by atoms with Gasteiger partial charge in [0.2, 0.25) is 5.89 Å². The van der Waals surface area contributed by atoms with Crippen molar-refractivity contribution in [3.05, 3.63) is 11.7 Å². The van der Waals surface area contributed by atoms with Crippen LogP contribution in [0.25, 0.3) is 0 Å². The Balaban J connectivity index is 1.96. The summed E-state index contributed by atoms with van der Waals surface area (Å²) >= 11 is 0. The lowest BCUT2D eigenvalue weighted by molar-refractivity contribution is 0.0937. The Bertz CT molecular complexity index is 398. The molecule has 0 spiro atoms. The zero-order valence-corrected chi connectivity index (χ0v) is 10.1. The molecule has 2 rings (SSSR count). The lowest BCUT2D eigenvalue weighted by atomic mass is 10.0. The summed E-state index contributed by atoms with van der Waals surface area (Å²) < 4.78 is 5.00. The van der Waals surface area contributed by atoms with Crippen molar-refractivity contribution in [2.24, 2.45) is 11.7 Å². The van der Waals surface area contributed by atoms with Crippen molar-refractivity contribution in [2.75, 3.05) is 0 Å². The van der Waals surface area contributed by atoms with Crippen molar-refractivity contribution < 1.29 is 9.32 Å². The van der Waals surface area contributed by atoms with E-state index in [1.807, 2.05) is 0 Å². The number of nitrogens with one attached hydrogen (secondary N) is 1. The van der Waals surface area contributed by atoms with Gasteiger partial charge >= 0.3 is 0 Å². The highest BCUT2D eigenvalue weighted by molar-refractivity contribution is 5.90. The Hall–Kier alpha value is -1.43. The fourth-order valence-corrected chi connectivity index (χ4v) is 1.56. The van der Waals surface area contributed by atoms with Gasteiger partial charge in [-0.15, -0.1) is 0 Å². The molecule has 1 aliphatic rings. The Morgan fingerprint density at radius 2 is 2.29 bits per heavy atom. The molecule has 0 radical (unpaired) electrons. The number of hydrogen-bond donors (Lipinski definition) is 2. The molecule has 0 bridgehead atoms. The normalized spacial score (nSPS) is 17.2. The van der Waals surface area contributed by atoms with Gasteiger partial charge in [0.25, 0.3) is 11.7 Å². The van der Waals surface area contributed by atoms with E-state index in [2.05, 4.69) is 29.3 Å². The number of rotatable bonds is 5. The van der Waals surface area contributed by atoms with E-state index in [-0.39, 0.29) is 23.8 Å². The smallest absolute Gasteiger partial charge is 0.292 e. The van der Waals surface area contributed by atoms with Crippen molar-refractivity contribution >= 4 is 5.91 Å². The van der Waals surface area contributed by atoms with E-state index in [9.17, 15) is 4.79 Å². The second-order valence-corrected chi connectivity index (χ2v) is 4.94. The summed E-state index contributed by atoms with van der Waals surface area (Å²) in [7, 11) is 0. The van der Waals surface area contributed by atoms with Crippen molar-refractivity contribution in [3.63, 3.8) is 0 Å². The Labute approximate surface area is 99.9 Å². The quantitative estimate of drug-likeness (QED) is 0.798. The van der Waals surface area contributed by atoms with E-state index in [1.54, 1.807) is 0 Å². The molecule has 0 saturated heterocycles. The van der Waals surface area contributed by atoms with Gasteiger partial charge in [-0.1, -0.05) is 19.0 Å². The van der Waals surface area contributed by atoms with E-state index >= 15 is 0 Å². The number of aromatic nitrogens is 2. The lowest BCUT2D eigenvalue weighted by Crippen LogP contribution is -2.26. The molecule has 6 nitrogen and oxygen atoms in total. The van der Waals surface area contributed by atoms with Crippen LogP contribution < -0.4 is 11.1 Å². The van der Waals surface area contributed by atoms with Crippen LogP contribution in [0.5, 0.6) is 0 Å². The number of hydrogen-bond acceptors (Lipinski definition) is 5. The van der Waals surface area contributed by atoms with Gasteiger partial charge in [0.05, 0.1) is 6.04 Å². The Kier molecular flexibility index (Phi) is 3.42. The molecule has 6 heteroatoms. The molecule has 0 aliphatic heterocycles. The number of amides is 1. The van der Waals surface area contributed by atoms with Gasteiger partial charge in [0.15, 0.2) is 0 Å². The molecule has 1 heterocycles. The Morgan fingerprint density at radius 1 is 1.59 bits per heavy atom. The van der Waals surface area contributed by atoms with Gasteiger partial charge in [-0.2, -0.15) is 4.98 Å². The first kappa shape index (κ1) is 12.0. The van der Waals surface area contributed by atoms with E-state index in [1.165, 1.54) is 0 Å². The third kappa shape index (κ3) is 3.26. The fourth-order valence-electron chi connectivity index (χ4n) is 1.56. The summed E-state index contributed by atoms with van der Waals surface area (Å²) in [4.78, 5) is 15.6. The fraction of sp³-hybridized carbons (Fsp3) is 0.727. The lowest BCUT2D eigenvalue weighted by Gasteiger charge is -2.08. The molecule has 17 heavy (non-hydrogen) atoms. The minimum absolute atomic E-state index is 0.0751. The van der Waals surface area contributed by atoms with Crippen molar-refractivity contribution in [2.45, 2.75) is 45.2 Å². The molecule has 1 atom stereocenters. The minimum Gasteiger partial charge on any atom is -0.346 e. The van der Waals surface area contributed by atoms with Crippen LogP contribution >= 0.6 is 0 Å². The van der Waals surface area contributed by atoms with Crippen LogP contribution in [0.2, 0.25) is 0 Å². The van der Waals surface area contributed by atoms with Crippen molar-refractivity contribution in [1.82, 2.24) is 15.5 Å². The largest absolute Gasteiger partial charge is 0.346 e. The molecule has 1 aliphatic carbocycles. The van der Waals surface area contributed by atoms with E-state index in [0.717, 1.165) is 19.3 Å². The van der Waals surface area contributed by atoms with Gasteiger partial charge in [0, 0.05) is 6.04 Å². The minimum atomic E-state index is -0.301. The molecule has 0 aromatic carbocycles. The summed E-state index contributed by atoms with van der Waals surface area (Å²) in [5, 5.41) is 6.45. The van der Waals surface area contributed by atoms with Gasteiger partial charge in [-0.05, 0) is 25.2 Å². The van der Waals surface area contributed by atoms with Crippen LogP contribution in [0.15, 0.2) is 4.52 Å². The summed E-state index contributed by atoms with van der Waals surface area (Å²) in [5.41, 5.74) is 5.90. The maximum Gasteiger partial charge on any atom is 0.292 e. The van der Waals surface area contributed by atoms with Crippen molar-refractivity contribution in [1.29, 1.82) is 0 Å². The van der Waals surface area contributed by atoms with Gasteiger partial charge in [-0.3, -0.25) is 4.79 Å². The Morgan fingerprint density at radius 3 is 2.88 bits per heavy atom. The topological polar surface area (TPSA) is 94.0 Å². The predicted molar refractivity (Wildman–Crippen MR) is 61.2 cm³/mol. The molecule has 3 N–H and O–H groups in total. The first-order valence-corrected chi connectivity index (χ1v) is 5.96. The van der Waals surface area contributed by atoms with Crippen LogP contribution in [0, 0.1) is 5.92 Å². The first-order chi connectivity index (χ1) is 8.06. The molecular formula is C11H18N4O2. The highest BCUT2D eigenvalue weighted by atomic mass is 16.5. The summed E-state index contributed by atoms with van der Waals surface area (Å²) in [5.74, 6) is 0.575. The zero-order chi connectivity index (χ0) is 12.4. The number of carbonyl (C=O) groups excluding carboxylic acids is 1. The molecule has 94 valence electrons. The SMILES string of the molecule is CC(C)C[C@H](N)c1nc(C(=O)NC2CC2)no1. The molecular weight excluding hydrogens is 220 g/mol. The van der Waals surface area contributed by atoms with Gasteiger partial charge in [-0.25, -0.2) is 0 Å². The zero-order valence-electron chi connectivity index (χ0n) is 10.1. The van der Waals surface area contributed by atoms with Crippen LogP contribution in [0.4, 0.5) is 0 Å². The molecule has 1 saturated carbocycles. The van der Waals surface area contributed by atoms with Gasteiger partial charge < -0.3 is 15.6 Å². The average Bonchev–Trinajstić information content (AvgIpc) is 2.92. The standard InChI is InChI=1S/C11H18N4O2/c1-6(2)5-8(12)11-14-9(15-17-11)10(16)13-7-3-4-7/h6-8H,3-5,12H2,1-2H3,(H,13,16)/t8-/m0/s1. The number of nitrogens with zero attached hydrogens (tertiary/aromatic N) is 2. The first-order valence-electron chi connectivity index (χ1n) is 5.96. The summed E-state index contributed by atoms with van der Waals surface area (Å²) in [6.45, 7) is 4.13. The molecule has 1 amide bonds. The summed E-state index contributed by atoms with van der Waals surface area (Å²) in [6, 6.07) is -0.0150. The second-order valence-electron chi connectivity index (χ2n) is 4.94. The third-order valence-corrected chi connectivity index (χ3v) is 2.60. The number of carbonyl (C=O) groups is 1. The van der Waals surface area contributed by atoms with Crippen LogP contribution in [-0.2, 0) is 0 Å². The van der Waals surface area contributed by atoms with E-state index in [0.29, 0.717) is 11.8 Å². The monoisotopic (exact) mass is 238 g/mol. The van der Waals surface area contributed by atoms with Crippen molar-refractivity contribution in [3.8, 4) is 0 Å². The van der Waals surface area contributed by atoms with Crippen LogP contribution in [0.1, 0.15) is 55.7 Å². The van der Waals surface area contributed by atoms with E-state index < -0.39 is 0 Å².